The van der Waals surface area contributed by atoms with Crippen molar-refractivity contribution in [3.8, 4) is 5.75 Å². The molecule has 0 aliphatic heterocycles. The van der Waals surface area contributed by atoms with Gasteiger partial charge in [-0.25, -0.2) is 4.79 Å². The molecule has 0 unspecified atom stereocenters. The lowest BCUT2D eigenvalue weighted by atomic mass is 9.98. The number of ketones is 1. The minimum absolute atomic E-state index is 0.00265. The Morgan fingerprint density at radius 1 is 1.00 bits per heavy atom. The third-order valence-electron chi connectivity index (χ3n) is 2.97. The van der Waals surface area contributed by atoms with Gasteiger partial charge in [0.1, 0.15) is 5.75 Å². The number of halogens is 2. The molecule has 0 aliphatic carbocycles. The van der Waals surface area contributed by atoms with Gasteiger partial charge in [-0.1, -0.05) is 30.3 Å². The zero-order chi connectivity index (χ0) is 16.1. The number of hydrogen-bond donors (Lipinski definition) is 1. The third-order valence-corrected chi connectivity index (χ3v) is 2.97. The van der Waals surface area contributed by atoms with Crippen molar-refractivity contribution in [3.05, 3.63) is 65.2 Å². The van der Waals surface area contributed by atoms with Gasteiger partial charge in [-0.3, -0.25) is 4.79 Å². The zero-order valence-electron chi connectivity index (χ0n) is 11.3. The van der Waals surface area contributed by atoms with Crippen LogP contribution in [0.2, 0.25) is 0 Å². The molecule has 0 spiro atoms. The van der Waals surface area contributed by atoms with E-state index in [-0.39, 0.29) is 29.1 Å². The van der Waals surface area contributed by atoms with Crippen LogP contribution in [0.25, 0.3) is 0 Å². The Kier molecular flexibility index (Phi) is 4.83. The normalized spacial score (nSPS) is 10.5. The number of carbonyl (C=O) groups excluding carboxylic acids is 1. The number of hydrogen-bond acceptors (Lipinski definition) is 3. The summed E-state index contributed by atoms with van der Waals surface area (Å²) < 4.78 is 28.3. The molecule has 0 amide bonds. The average Bonchev–Trinajstić information content (AvgIpc) is 2.48. The lowest BCUT2D eigenvalue weighted by Crippen LogP contribution is -2.10. The number of alkyl halides is 2. The van der Waals surface area contributed by atoms with E-state index in [0.717, 1.165) is 0 Å². The van der Waals surface area contributed by atoms with E-state index >= 15 is 0 Å². The first-order valence-corrected chi connectivity index (χ1v) is 6.36. The van der Waals surface area contributed by atoms with Crippen molar-refractivity contribution in [3.63, 3.8) is 0 Å². The Bertz CT molecular complexity index is 681. The maximum Gasteiger partial charge on any atom is 0.387 e. The average molecular weight is 306 g/mol. The summed E-state index contributed by atoms with van der Waals surface area (Å²) in [6.07, 6.45) is -0.0285. The number of aromatic carboxylic acids is 1. The lowest BCUT2D eigenvalue weighted by molar-refractivity contribution is -0.0498. The Balaban J connectivity index is 2.14. The highest BCUT2D eigenvalue weighted by Gasteiger charge is 2.16. The second-order valence-electron chi connectivity index (χ2n) is 4.47. The van der Waals surface area contributed by atoms with Crippen molar-refractivity contribution in [2.75, 3.05) is 0 Å². The summed E-state index contributed by atoms with van der Waals surface area (Å²) in [6.45, 7) is -2.91. The first-order chi connectivity index (χ1) is 10.5. The van der Waals surface area contributed by atoms with Crippen LogP contribution < -0.4 is 4.74 Å². The van der Waals surface area contributed by atoms with Crippen molar-refractivity contribution >= 4 is 11.8 Å². The van der Waals surface area contributed by atoms with E-state index in [1.165, 1.54) is 42.5 Å². The van der Waals surface area contributed by atoms with E-state index in [4.69, 9.17) is 5.11 Å². The molecule has 2 rings (SSSR count). The van der Waals surface area contributed by atoms with Crippen LogP contribution in [0.3, 0.4) is 0 Å². The number of rotatable bonds is 6. The molecule has 1 N–H and O–H groups in total. The van der Waals surface area contributed by atoms with Gasteiger partial charge in [-0.2, -0.15) is 8.78 Å². The highest BCUT2D eigenvalue weighted by molar-refractivity contribution is 6.06. The fourth-order valence-electron chi connectivity index (χ4n) is 1.98. The van der Waals surface area contributed by atoms with Crippen LogP contribution in [0.4, 0.5) is 8.78 Å². The van der Waals surface area contributed by atoms with Crippen LogP contribution in [-0.2, 0) is 6.42 Å². The van der Waals surface area contributed by atoms with Gasteiger partial charge < -0.3 is 9.84 Å². The molecule has 22 heavy (non-hydrogen) atoms. The van der Waals surface area contributed by atoms with E-state index < -0.39 is 12.6 Å². The summed E-state index contributed by atoms with van der Waals surface area (Å²) in [5.41, 5.74) is 0.625. The van der Waals surface area contributed by atoms with Gasteiger partial charge in [0.2, 0.25) is 0 Å². The summed E-state index contributed by atoms with van der Waals surface area (Å²) in [6, 6.07) is 11.6. The predicted molar refractivity (Wildman–Crippen MR) is 74.5 cm³/mol. The molecule has 0 aliphatic rings. The topological polar surface area (TPSA) is 63.6 Å². The largest absolute Gasteiger partial charge is 0.478 e. The molecular weight excluding hydrogens is 294 g/mol. The maximum absolute atomic E-state index is 12.2. The van der Waals surface area contributed by atoms with Crippen LogP contribution >= 0.6 is 0 Å². The zero-order valence-corrected chi connectivity index (χ0v) is 11.3. The van der Waals surface area contributed by atoms with Gasteiger partial charge in [-0.05, 0) is 23.8 Å². The van der Waals surface area contributed by atoms with Crippen LogP contribution in [0, 0.1) is 0 Å². The smallest absolute Gasteiger partial charge is 0.387 e. The van der Waals surface area contributed by atoms with Crippen LogP contribution in [0.15, 0.2) is 48.5 Å². The maximum atomic E-state index is 12.2. The van der Waals surface area contributed by atoms with Crippen molar-refractivity contribution in [1.82, 2.24) is 0 Å². The summed E-state index contributed by atoms with van der Waals surface area (Å²) in [4.78, 5) is 23.3. The van der Waals surface area contributed by atoms with Gasteiger partial charge in [0.15, 0.2) is 5.78 Å². The Morgan fingerprint density at radius 3 is 2.14 bits per heavy atom. The Hall–Kier alpha value is -2.76. The number of carbonyl (C=O) groups is 2. The van der Waals surface area contributed by atoms with Crippen LogP contribution in [-0.4, -0.2) is 23.5 Å². The molecule has 2 aromatic carbocycles. The van der Waals surface area contributed by atoms with Gasteiger partial charge in [-0.15, -0.1) is 0 Å². The number of carboxylic acids is 1. The molecule has 0 bridgehead atoms. The third kappa shape index (κ3) is 3.88. The van der Waals surface area contributed by atoms with Crippen LogP contribution in [0.5, 0.6) is 5.75 Å². The molecular formula is C16H12F2O4. The first-order valence-electron chi connectivity index (χ1n) is 6.36. The second kappa shape index (κ2) is 6.80. The summed E-state index contributed by atoms with van der Waals surface area (Å²) in [5.74, 6) is -1.54. The minimum Gasteiger partial charge on any atom is -0.478 e. The molecule has 6 heteroatoms. The SMILES string of the molecule is O=C(O)c1ccccc1C(=O)Cc1ccc(OC(F)F)cc1. The van der Waals surface area contributed by atoms with E-state index in [2.05, 4.69) is 4.74 Å². The molecule has 2 aromatic rings. The Morgan fingerprint density at radius 2 is 1.59 bits per heavy atom. The number of benzene rings is 2. The molecule has 0 heterocycles. The monoisotopic (exact) mass is 306 g/mol. The molecule has 0 saturated carbocycles. The fourth-order valence-corrected chi connectivity index (χ4v) is 1.98. The highest BCUT2D eigenvalue weighted by atomic mass is 19.3. The molecule has 0 radical (unpaired) electrons. The fraction of sp³-hybridized carbons (Fsp3) is 0.125. The second-order valence-corrected chi connectivity index (χ2v) is 4.47. The highest BCUT2D eigenvalue weighted by Crippen LogP contribution is 2.17. The summed E-state index contributed by atoms with van der Waals surface area (Å²) in [7, 11) is 0. The van der Waals surface area contributed by atoms with E-state index in [9.17, 15) is 18.4 Å². The number of Topliss-reactive ketones (excluding diaryl/α,β-unsaturated/α-hetero) is 1. The molecule has 0 saturated heterocycles. The lowest BCUT2D eigenvalue weighted by Gasteiger charge is -2.07. The number of carboxylic acid groups (broad SMARTS) is 1. The molecule has 0 fully saturated rings. The molecule has 114 valence electrons. The van der Waals surface area contributed by atoms with Crippen molar-refractivity contribution in [2.45, 2.75) is 13.0 Å². The Labute approximate surface area is 125 Å². The van der Waals surface area contributed by atoms with Gasteiger partial charge in [0.05, 0.1) is 5.56 Å². The van der Waals surface area contributed by atoms with Crippen molar-refractivity contribution in [2.24, 2.45) is 0 Å². The summed E-state index contributed by atoms with van der Waals surface area (Å²) >= 11 is 0. The predicted octanol–water partition coefficient (Wildman–Crippen LogP) is 3.41. The molecule has 0 aromatic heterocycles. The van der Waals surface area contributed by atoms with Crippen molar-refractivity contribution < 1.29 is 28.2 Å². The van der Waals surface area contributed by atoms with Crippen molar-refractivity contribution in [1.29, 1.82) is 0 Å². The summed E-state index contributed by atoms with van der Waals surface area (Å²) in [5, 5.41) is 9.06. The van der Waals surface area contributed by atoms with E-state index in [0.29, 0.717) is 5.56 Å². The first kappa shape index (κ1) is 15.6. The van der Waals surface area contributed by atoms with Gasteiger partial charge >= 0.3 is 12.6 Å². The quantitative estimate of drug-likeness (QED) is 0.831. The minimum atomic E-state index is -2.91. The molecule has 4 nitrogen and oxygen atoms in total. The molecule has 0 atom stereocenters. The van der Waals surface area contributed by atoms with E-state index in [1.807, 2.05) is 0 Å². The van der Waals surface area contributed by atoms with Gasteiger partial charge in [0.25, 0.3) is 0 Å². The van der Waals surface area contributed by atoms with E-state index in [1.54, 1.807) is 6.07 Å². The van der Waals surface area contributed by atoms with Gasteiger partial charge in [0, 0.05) is 12.0 Å². The van der Waals surface area contributed by atoms with Crippen LogP contribution in [0.1, 0.15) is 26.3 Å². The standard InChI is InChI=1S/C16H12F2O4/c17-16(18)22-11-7-5-10(6-8-11)9-14(19)12-3-1-2-4-13(12)15(20)21/h1-8,16H,9H2,(H,20,21). The number of ether oxygens (including phenoxy) is 1.